The molecule has 0 saturated carbocycles. The van der Waals surface area contributed by atoms with Gasteiger partial charge in [0.2, 0.25) is 0 Å². The zero-order valence-electron chi connectivity index (χ0n) is 11.6. The van der Waals surface area contributed by atoms with Crippen molar-refractivity contribution in [3.05, 3.63) is 64.7 Å². The Morgan fingerprint density at radius 1 is 1.15 bits per heavy atom. The summed E-state index contributed by atoms with van der Waals surface area (Å²) in [5.74, 6) is -0.154. The zero-order chi connectivity index (χ0) is 14.5. The van der Waals surface area contributed by atoms with E-state index in [9.17, 15) is 4.79 Å². The fraction of sp³-hybridized carbons (Fsp3) is 0.188. The molecule has 2 aromatic carbocycles. The van der Waals surface area contributed by atoms with Crippen molar-refractivity contribution in [3.8, 4) is 0 Å². The van der Waals surface area contributed by atoms with E-state index in [4.69, 9.17) is 11.6 Å². The molecule has 104 valence electrons. The molecule has 0 heterocycles. The highest BCUT2D eigenvalue weighted by atomic mass is 35.5. The number of benzene rings is 2. The van der Waals surface area contributed by atoms with Crippen molar-refractivity contribution in [1.82, 2.24) is 4.90 Å². The van der Waals surface area contributed by atoms with E-state index in [0.717, 1.165) is 17.8 Å². The van der Waals surface area contributed by atoms with Gasteiger partial charge in [0.1, 0.15) is 0 Å². The van der Waals surface area contributed by atoms with Gasteiger partial charge in [-0.05, 0) is 43.9 Å². The molecule has 0 aliphatic carbocycles. The first kappa shape index (κ1) is 14.6. The van der Waals surface area contributed by atoms with Crippen LogP contribution in [0, 0.1) is 0 Å². The molecule has 0 aliphatic heterocycles. The van der Waals surface area contributed by atoms with Gasteiger partial charge >= 0.3 is 0 Å². The molecule has 0 aliphatic rings. The summed E-state index contributed by atoms with van der Waals surface area (Å²) in [6.07, 6.45) is 0. The number of para-hydroxylation sites is 1. The van der Waals surface area contributed by atoms with Gasteiger partial charge in [-0.25, -0.2) is 0 Å². The molecule has 2 aromatic rings. The van der Waals surface area contributed by atoms with E-state index in [0.29, 0.717) is 10.6 Å². The Morgan fingerprint density at radius 2 is 1.90 bits per heavy atom. The maximum atomic E-state index is 12.2. The summed E-state index contributed by atoms with van der Waals surface area (Å²) >= 11 is 5.91. The van der Waals surface area contributed by atoms with E-state index in [1.165, 1.54) is 0 Å². The van der Waals surface area contributed by atoms with E-state index >= 15 is 0 Å². The number of nitrogens with zero attached hydrogens (tertiary/aromatic N) is 1. The molecule has 1 amide bonds. The lowest BCUT2D eigenvalue weighted by atomic mass is 10.1. The van der Waals surface area contributed by atoms with Crippen LogP contribution >= 0.6 is 11.6 Å². The molecule has 0 bridgehead atoms. The molecule has 0 radical (unpaired) electrons. The number of anilines is 1. The van der Waals surface area contributed by atoms with Crippen LogP contribution in [-0.2, 0) is 6.54 Å². The summed E-state index contributed by atoms with van der Waals surface area (Å²) in [6, 6.07) is 14.7. The summed E-state index contributed by atoms with van der Waals surface area (Å²) in [6.45, 7) is 0.770. The fourth-order valence-corrected chi connectivity index (χ4v) is 2.14. The lowest BCUT2D eigenvalue weighted by Crippen LogP contribution is -2.16. The second-order valence-corrected chi connectivity index (χ2v) is 5.30. The van der Waals surface area contributed by atoms with E-state index in [2.05, 4.69) is 10.2 Å². The van der Waals surface area contributed by atoms with Gasteiger partial charge in [-0.3, -0.25) is 4.79 Å². The minimum absolute atomic E-state index is 0.154. The first-order valence-corrected chi connectivity index (χ1v) is 6.73. The van der Waals surface area contributed by atoms with Gasteiger partial charge in [-0.1, -0.05) is 35.9 Å². The van der Waals surface area contributed by atoms with Crippen LogP contribution in [0.1, 0.15) is 15.9 Å². The average molecular weight is 289 g/mol. The highest BCUT2D eigenvalue weighted by Gasteiger charge is 2.09. The molecule has 0 aromatic heterocycles. The Labute approximate surface area is 124 Å². The summed E-state index contributed by atoms with van der Waals surface area (Å²) < 4.78 is 0. The van der Waals surface area contributed by atoms with E-state index < -0.39 is 0 Å². The zero-order valence-corrected chi connectivity index (χ0v) is 12.3. The van der Waals surface area contributed by atoms with Crippen molar-refractivity contribution in [2.45, 2.75) is 6.54 Å². The van der Waals surface area contributed by atoms with Gasteiger partial charge in [0, 0.05) is 22.8 Å². The third-order valence-electron chi connectivity index (χ3n) is 2.84. The van der Waals surface area contributed by atoms with Gasteiger partial charge in [0.25, 0.3) is 5.91 Å². The van der Waals surface area contributed by atoms with Crippen molar-refractivity contribution in [3.63, 3.8) is 0 Å². The molecule has 0 unspecified atom stereocenters. The molecule has 0 saturated heterocycles. The third-order valence-corrected chi connectivity index (χ3v) is 3.07. The summed E-state index contributed by atoms with van der Waals surface area (Å²) in [4.78, 5) is 14.3. The van der Waals surface area contributed by atoms with E-state index in [-0.39, 0.29) is 5.91 Å². The first-order valence-electron chi connectivity index (χ1n) is 6.36. The summed E-state index contributed by atoms with van der Waals surface area (Å²) in [5, 5.41) is 3.49. The second-order valence-electron chi connectivity index (χ2n) is 4.86. The maximum absolute atomic E-state index is 12.2. The second kappa shape index (κ2) is 6.55. The largest absolute Gasteiger partial charge is 0.322 e. The number of carbonyl (C=O) groups excluding carboxylic acids is 1. The Balaban J connectivity index is 2.19. The Bertz CT molecular complexity index is 611. The molecular formula is C16H17ClN2O. The van der Waals surface area contributed by atoms with Crippen LogP contribution in [0.3, 0.4) is 0 Å². The number of halogens is 1. The Morgan fingerprint density at radius 3 is 2.60 bits per heavy atom. The number of hydrogen-bond donors (Lipinski definition) is 1. The van der Waals surface area contributed by atoms with Crippen molar-refractivity contribution in [2.75, 3.05) is 19.4 Å². The van der Waals surface area contributed by atoms with Gasteiger partial charge in [0.05, 0.1) is 0 Å². The normalized spacial score (nSPS) is 10.6. The molecule has 3 nitrogen and oxygen atoms in total. The van der Waals surface area contributed by atoms with Crippen LogP contribution in [-0.4, -0.2) is 24.9 Å². The number of amides is 1. The smallest absolute Gasteiger partial charge is 0.255 e. The van der Waals surface area contributed by atoms with Crippen molar-refractivity contribution >= 4 is 23.2 Å². The van der Waals surface area contributed by atoms with Crippen molar-refractivity contribution in [2.24, 2.45) is 0 Å². The predicted octanol–water partition coefficient (Wildman–Crippen LogP) is 3.65. The quantitative estimate of drug-likeness (QED) is 0.931. The number of carbonyl (C=O) groups is 1. The lowest BCUT2D eigenvalue weighted by Gasteiger charge is -2.15. The van der Waals surface area contributed by atoms with E-state index in [1.807, 2.05) is 38.4 Å². The first-order chi connectivity index (χ1) is 9.56. The Hall–Kier alpha value is -1.84. The van der Waals surface area contributed by atoms with Crippen LogP contribution in [0.5, 0.6) is 0 Å². The molecule has 4 heteroatoms. The highest BCUT2D eigenvalue weighted by molar-refractivity contribution is 6.31. The Kier molecular flexibility index (Phi) is 4.77. The van der Waals surface area contributed by atoms with Crippen LogP contribution in [0.2, 0.25) is 5.02 Å². The van der Waals surface area contributed by atoms with E-state index in [1.54, 1.807) is 24.3 Å². The molecule has 1 N–H and O–H groups in total. The van der Waals surface area contributed by atoms with Crippen LogP contribution in [0.15, 0.2) is 48.5 Å². The number of rotatable bonds is 4. The van der Waals surface area contributed by atoms with Crippen molar-refractivity contribution in [1.29, 1.82) is 0 Å². The van der Waals surface area contributed by atoms with Crippen LogP contribution in [0.4, 0.5) is 5.69 Å². The molecule has 0 spiro atoms. The lowest BCUT2D eigenvalue weighted by molar-refractivity contribution is 0.102. The van der Waals surface area contributed by atoms with Gasteiger partial charge in [0.15, 0.2) is 0 Å². The monoisotopic (exact) mass is 288 g/mol. The summed E-state index contributed by atoms with van der Waals surface area (Å²) in [5.41, 5.74) is 2.45. The predicted molar refractivity (Wildman–Crippen MR) is 83.2 cm³/mol. The van der Waals surface area contributed by atoms with Gasteiger partial charge in [-0.15, -0.1) is 0 Å². The minimum atomic E-state index is -0.154. The van der Waals surface area contributed by atoms with Gasteiger partial charge in [-0.2, -0.15) is 0 Å². The highest BCUT2D eigenvalue weighted by Crippen LogP contribution is 2.18. The number of hydrogen-bond acceptors (Lipinski definition) is 2. The minimum Gasteiger partial charge on any atom is -0.322 e. The average Bonchev–Trinajstić information content (AvgIpc) is 2.40. The van der Waals surface area contributed by atoms with Crippen LogP contribution < -0.4 is 5.32 Å². The molecule has 0 atom stereocenters. The van der Waals surface area contributed by atoms with Crippen molar-refractivity contribution < 1.29 is 4.79 Å². The van der Waals surface area contributed by atoms with Crippen LogP contribution in [0.25, 0.3) is 0 Å². The van der Waals surface area contributed by atoms with Gasteiger partial charge < -0.3 is 10.2 Å². The molecule has 20 heavy (non-hydrogen) atoms. The molecular weight excluding hydrogens is 272 g/mol. The summed E-state index contributed by atoms with van der Waals surface area (Å²) in [7, 11) is 3.99. The fourth-order valence-electron chi connectivity index (χ4n) is 1.95. The third kappa shape index (κ3) is 3.83. The maximum Gasteiger partial charge on any atom is 0.255 e. The standard InChI is InChI=1S/C16H17ClN2O/c1-19(2)11-13-6-3-4-9-15(13)18-16(20)12-7-5-8-14(17)10-12/h3-10H,11H2,1-2H3,(H,18,20). The molecule has 2 rings (SSSR count). The number of nitrogens with one attached hydrogen (secondary N) is 1. The molecule has 0 fully saturated rings. The topological polar surface area (TPSA) is 32.3 Å². The SMILES string of the molecule is CN(C)Cc1ccccc1NC(=O)c1cccc(Cl)c1.